The van der Waals surface area contributed by atoms with E-state index in [2.05, 4.69) is 0 Å². The Morgan fingerprint density at radius 3 is 2.73 bits per heavy atom. The molecule has 0 aromatic heterocycles. The van der Waals surface area contributed by atoms with Gasteiger partial charge in [-0.15, -0.1) is 0 Å². The summed E-state index contributed by atoms with van der Waals surface area (Å²) < 4.78 is 0. The van der Waals surface area contributed by atoms with Crippen molar-refractivity contribution >= 4 is 11.8 Å². The van der Waals surface area contributed by atoms with E-state index in [0.29, 0.717) is 31.8 Å². The topological polar surface area (TPSA) is 40.6 Å². The number of nitrogens with zero attached hydrogens (tertiary/aromatic N) is 2. The van der Waals surface area contributed by atoms with E-state index in [1.54, 1.807) is 16.8 Å². The molecule has 0 bridgehead atoms. The molecule has 0 N–H and O–H groups in total. The predicted molar refractivity (Wildman–Crippen MR) is 58.7 cm³/mol. The fourth-order valence-electron chi connectivity index (χ4n) is 1.82. The highest BCUT2D eigenvalue weighted by Crippen LogP contribution is 2.16. The maximum atomic E-state index is 11.8. The highest BCUT2D eigenvalue weighted by Gasteiger charge is 2.29. The van der Waals surface area contributed by atoms with Gasteiger partial charge in [-0.25, -0.2) is 4.79 Å². The van der Waals surface area contributed by atoms with Gasteiger partial charge in [-0.1, -0.05) is 6.92 Å². The molecule has 0 spiro atoms. The van der Waals surface area contributed by atoms with Crippen molar-refractivity contribution in [1.29, 1.82) is 0 Å². The summed E-state index contributed by atoms with van der Waals surface area (Å²) >= 11 is 0. The van der Waals surface area contributed by atoms with Crippen LogP contribution < -0.4 is 0 Å². The number of urea groups is 1. The Morgan fingerprint density at radius 2 is 2.20 bits per heavy atom. The molecule has 86 valence electrons. The van der Waals surface area contributed by atoms with E-state index < -0.39 is 0 Å². The van der Waals surface area contributed by atoms with Crippen LogP contribution in [-0.4, -0.2) is 48.3 Å². The van der Waals surface area contributed by atoms with Gasteiger partial charge in [-0.05, 0) is 13.3 Å². The van der Waals surface area contributed by atoms with Crippen LogP contribution in [0.4, 0.5) is 4.79 Å². The maximum absolute atomic E-state index is 11.8. The number of hydrogen-bond acceptors (Lipinski definition) is 2. The van der Waals surface area contributed by atoms with Crippen molar-refractivity contribution in [3.63, 3.8) is 0 Å². The molecule has 1 aliphatic rings. The molecule has 4 nitrogen and oxygen atoms in total. The zero-order valence-electron chi connectivity index (χ0n) is 9.82. The molecule has 1 saturated heterocycles. The number of amides is 2. The summed E-state index contributed by atoms with van der Waals surface area (Å²) in [6, 6.07) is 0.0449. The standard InChI is InChI=1S/C11H20N2O2/c1-4-9-8-13(7-6-10(9)14)11(15)12(3)5-2/h9H,4-8H2,1-3H3. The number of piperidine rings is 1. The molecule has 1 atom stereocenters. The molecule has 1 unspecified atom stereocenters. The van der Waals surface area contributed by atoms with E-state index in [-0.39, 0.29) is 11.9 Å². The maximum Gasteiger partial charge on any atom is 0.319 e. The number of Topliss-reactive ketones (excluding diaryl/α,β-unsaturated/α-hetero) is 1. The summed E-state index contributed by atoms with van der Waals surface area (Å²) in [5, 5.41) is 0. The molecule has 15 heavy (non-hydrogen) atoms. The third-order valence-corrected chi connectivity index (χ3v) is 3.09. The van der Waals surface area contributed by atoms with Crippen molar-refractivity contribution < 1.29 is 9.59 Å². The third-order valence-electron chi connectivity index (χ3n) is 3.09. The molecule has 4 heteroatoms. The minimum atomic E-state index is 0.0449. The molecular formula is C11H20N2O2. The van der Waals surface area contributed by atoms with Gasteiger partial charge in [0.25, 0.3) is 0 Å². The fourth-order valence-corrected chi connectivity index (χ4v) is 1.82. The lowest BCUT2D eigenvalue weighted by molar-refractivity contribution is -0.125. The summed E-state index contributed by atoms with van der Waals surface area (Å²) in [5.41, 5.74) is 0. The number of rotatable bonds is 2. The van der Waals surface area contributed by atoms with Crippen molar-refractivity contribution in [1.82, 2.24) is 9.80 Å². The van der Waals surface area contributed by atoms with Crippen LogP contribution in [-0.2, 0) is 4.79 Å². The number of hydrogen-bond donors (Lipinski definition) is 0. The largest absolute Gasteiger partial charge is 0.328 e. The van der Waals surface area contributed by atoms with E-state index in [0.717, 1.165) is 6.42 Å². The van der Waals surface area contributed by atoms with Crippen LogP contribution in [0.2, 0.25) is 0 Å². The monoisotopic (exact) mass is 212 g/mol. The molecule has 0 aromatic rings. The average Bonchev–Trinajstić information content (AvgIpc) is 2.27. The van der Waals surface area contributed by atoms with E-state index in [1.165, 1.54) is 0 Å². The number of ketones is 1. The molecule has 0 saturated carbocycles. The lowest BCUT2D eigenvalue weighted by Gasteiger charge is -2.33. The van der Waals surface area contributed by atoms with Crippen LogP contribution in [0.5, 0.6) is 0 Å². The van der Waals surface area contributed by atoms with Gasteiger partial charge in [-0.3, -0.25) is 4.79 Å². The smallest absolute Gasteiger partial charge is 0.319 e. The Labute approximate surface area is 91.2 Å². The van der Waals surface area contributed by atoms with Gasteiger partial charge < -0.3 is 9.80 Å². The Balaban J connectivity index is 2.58. The number of carbonyl (C=O) groups excluding carboxylic acids is 2. The van der Waals surface area contributed by atoms with Gasteiger partial charge in [0, 0.05) is 39.0 Å². The molecule has 0 aliphatic carbocycles. The normalized spacial score (nSPS) is 21.7. The van der Waals surface area contributed by atoms with Crippen LogP contribution in [0.1, 0.15) is 26.7 Å². The molecule has 0 radical (unpaired) electrons. The zero-order chi connectivity index (χ0) is 11.4. The Morgan fingerprint density at radius 1 is 1.53 bits per heavy atom. The summed E-state index contributed by atoms with van der Waals surface area (Å²) in [7, 11) is 1.79. The first kappa shape index (κ1) is 12.0. The second kappa shape index (κ2) is 5.14. The molecule has 0 aromatic carbocycles. The molecule has 2 amide bonds. The third kappa shape index (κ3) is 2.70. The lowest BCUT2D eigenvalue weighted by atomic mass is 9.94. The first-order chi connectivity index (χ1) is 7.10. The van der Waals surface area contributed by atoms with Gasteiger partial charge in [0.1, 0.15) is 5.78 Å². The minimum absolute atomic E-state index is 0.0449. The molecule has 1 heterocycles. The summed E-state index contributed by atoms with van der Waals surface area (Å²) in [5.74, 6) is 0.355. The van der Waals surface area contributed by atoms with E-state index in [1.807, 2.05) is 13.8 Å². The highest BCUT2D eigenvalue weighted by molar-refractivity contribution is 5.84. The molecular weight excluding hydrogens is 192 g/mol. The van der Waals surface area contributed by atoms with Crippen molar-refractivity contribution in [2.45, 2.75) is 26.7 Å². The summed E-state index contributed by atoms with van der Waals surface area (Å²) in [6.07, 6.45) is 1.35. The van der Waals surface area contributed by atoms with Crippen LogP contribution in [0.3, 0.4) is 0 Å². The van der Waals surface area contributed by atoms with Gasteiger partial charge in [-0.2, -0.15) is 0 Å². The Bertz CT molecular complexity index is 253. The van der Waals surface area contributed by atoms with Gasteiger partial charge in [0.15, 0.2) is 0 Å². The number of likely N-dealkylation sites (tertiary alicyclic amines) is 1. The van der Waals surface area contributed by atoms with Crippen molar-refractivity contribution in [3.05, 3.63) is 0 Å². The number of carbonyl (C=O) groups is 2. The summed E-state index contributed by atoms with van der Waals surface area (Å²) in [4.78, 5) is 26.8. The van der Waals surface area contributed by atoms with E-state index in [4.69, 9.17) is 0 Å². The fraction of sp³-hybridized carbons (Fsp3) is 0.818. The first-order valence-corrected chi connectivity index (χ1v) is 5.62. The van der Waals surface area contributed by atoms with Crippen LogP contribution in [0.15, 0.2) is 0 Å². The van der Waals surface area contributed by atoms with Crippen molar-refractivity contribution in [2.24, 2.45) is 5.92 Å². The van der Waals surface area contributed by atoms with Crippen LogP contribution in [0, 0.1) is 5.92 Å². The average molecular weight is 212 g/mol. The van der Waals surface area contributed by atoms with Gasteiger partial charge in [0.2, 0.25) is 0 Å². The predicted octanol–water partition coefficient (Wildman–Crippen LogP) is 1.36. The SMILES string of the molecule is CCC1CN(C(=O)N(C)CC)CCC1=O. The minimum Gasteiger partial charge on any atom is -0.328 e. The lowest BCUT2D eigenvalue weighted by Crippen LogP contribution is -2.48. The molecule has 1 rings (SSSR count). The Hall–Kier alpha value is -1.06. The summed E-state index contributed by atoms with van der Waals surface area (Å²) in [6.45, 7) is 5.83. The van der Waals surface area contributed by atoms with Crippen molar-refractivity contribution in [3.8, 4) is 0 Å². The van der Waals surface area contributed by atoms with E-state index in [9.17, 15) is 9.59 Å². The van der Waals surface area contributed by atoms with E-state index >= 15 is 0 Å². The van der Waals surface area contributed by atoms with Gasteiger partial charge in [0.05, 0.1) is 0 Å². The quantitative estimate of drug-likeness (QED) is 0.693. The van der Waals surface area contributed by atoms with Crippen molar-refractivity contribution in [2.75, 3.05) is 26.7 Å². The highest BCUT2D eigenvalue weighted by atomic mass is 16.2. The molecule has 1 fully saturated rings. The van der Waals surface area contributed by atoms with Gasteiger partial charge >= 0.3 is 6.03 Å². The second-order valence-electron chi connectivity index (χ2n) is 4.06. The second-order valence-corrected chi connectivity index (χ2v) is 4.06. The zero-order valence-corrected chi connectivity index (χ0v) is 9.82. The Kier molecular flexibility index (Phi) is 4.12. The van der Waals surface area contributed by atoms with Crippen LogP contribution >= 0.6 is 0 Å². The molecule has 1 aliphatic heterocycles. The van der Waals surface area contributed by atoms with Crippen LogP contribution in [0.25, 0.3) is 0 Å². The first-order valence-electron chi connectivity index (χ1n) is 5.62.